The fraction of sp³-hybridized carbons (Fsp3) is 0.241. The molecule has 14 heteroatoms. The van der Waals surface area contributed by atoms with E-state index in [-0.39, 0.29) is 28.3 Å². The Morgan fingerprint density at radius 3 is 2.09 bits per heavy atom. The quantitative estimate of drug-likeness (QED) is 0.162. The van der Waals surface area contributed by atoms with Crippen molar-refractivity contribution in [1.29, 1.82) is 0 Å². The van der Waals surface area contributed by atoms with Gasteiger partial charge in [-0.2, -0.15) is 31.1 Å². The van der Waals surface area contributed by atoms with Crippen molar-refractivity contribution >= 4 is 11.6 Å². The molecule has 0 aliphatic carbocycles. The van der Waals surface area contributed by atoms with Crippen LogP contribution in [-0.4, -0.2) is 27.9 Å². The first kappa shape index (κ1) is 31.3. The summed E-state index contributed by atoms with van der Waals surface area (Å²) in [6.07, 6.45) is -10.8. The number of nitrogens with one attached hydrogen (secondary N) is 1. The van der Waals surface area contributed by atoms with E-state index in [9.17, 15) is 45.1 Å². The number of methoxy groups -OCH3 is 1. The number of hydrogen-bond donors (Lipinski definition) is 2. The van der Waals surface area contributed by atoms with Crippen LogP contribution in [0.2, 0.25) is 0 Å². The van der Waals surface area contributed by atoms with Gasteiger partial charge in [0.05, 0.1) is 23.9 Å². The molecule has 6 nitrogen and oxygen atoms in total. The first-order valence-electron chi connectivity index (χ1n) is 12.5. The molecule has 2 N–H and O–H groups in total. The number of hydrogen-bond acceptors (Lipinski definition) is 4. The summed E-state index contributed by atoms with van der Waals surface area (Å²) in [6.45, 7) is 2.61. The third-order valence-electron chi connectivity index (χ3n) is 6.63. The van der Waals surface area contributed by atoms with Gasteiger partial charge >= 0.3 is 12.4 Å². The van der Waals surface area contributed by atoms with E-state index in [1.165, 1.54) is 38.1 Å². The van der Waals surface area contributed by atoms with E-state index in [2.05, 4.69) is 10.3 Å². The van der Waals surface area contributed by atoms with Crippen molar-refractivity contribution in [1.82, 2.24) is 9.71 Å². The summed E-state index contributed by atoms with van der Waals surface area (Å²) in [6, 6.07) is 9.76. The van der Waals surface area contributed by atoms with Crippen LogP contribution in [0.3, 0.4) is 0 Å². The molecule has 228 valence electrons. The second-order valence-corrected chi connectivity index (χ2v) is 9.41. The minimum absolute atomic E-state index is 0.0204. The molecule has 43 heavy (non-hydrogen) atoms. The number of aromatic nitrogens is 2. The van der Waals surface area contributed by atoms with Gasteiger partial charge < -0.3 is 15.3 Å². The van der Waals surface area contributed by atoms with E-state index in [0.29, 0.717) is 22.9 Å². The first-order chi connectivity index (χ1) is 20.0. The molecule has 0 saturated heterocycles. The third-order valence-corrected chi connectivity index (χ3v) is 6.63. The molecular formula is C29H23F8N3O3. The maximum atomic E-state index is 14.1. The second-order valence-electron chi connectivity index (χ2n) is 9.41. The predicted molar refractivity (Wildman–Crippen MR) is 140 cm³/mol. The van der Waals surface area contributed by atoms with Crippen LogP contribution in [-0.2, 0) is 18.3 Å². The van der Waals surface area contributed by atoms with Gasteiger partial charge in [0.25, 0.3) is 11.8 Å². The molecule has 1 amide bonds. The van der Waals surface area contributed by atoms with Crippen molar-refractivity contribution in [2.24, 2.45) is 0 Å². The minimum atomic E-state index is -5.17. The zero-order valence-electron chi connectivity index (χ0n) is 22.7. The Morgan fingerprint density at radius 2 is 1.53 bits per heavy atom. The Kier molecular flexibility index (Phi) is 8.18. The number of imidazole rings is 1. The maximum Gasteiger partial charge on any atom is 0.417 e. The average Bonchev–Trinajstić information content (AvgIpc) is 3.24. The Balaban J connectivity index is 1.82. The highest BCUT2D eigenvalue weighted by Crippen LogP contribution is 2.47. The summed E-state index contributed by atoms with van der Waals surface area (Å²) in [4.78, 5) is 17.1. The van der Waals surface area contributed by atoms with E-state index >= 15 is 0 Å². The van der Waals surface area contributed by atoms with Gasteiger partial charge in [0.2, 0.25) is 0 Å². The van der Waals surface area contributed by atoms with Gasteiger partial charge in [-0.05, 0) is 49.4 Å². The van der Waals surface area contributed by atoms with Crippen molar-refractivity contribution in [3.63, 3.8) is 0 Å². The number of nitrogens with zero attached hydrogens (tertiary/aromatic N) is 2. The van der Waals surface area contributed by atoms with E-state index in [1.54, 1.807) is 0 Å². The Morgan fingerprint density at radius 1 is 0.930 bits per heavy atom. The van der Waals surface area contributed by atoms with Crippen LogP contribution >= 0.6 is 0 Å². The number of carbonyl (C=O) groups is 1. The van der Waals surface area contributed by atoms with Crippen molar-refractivity contribution in [2.75, 3.05) is 12.4 Å². The summed E-state index contributed by atoms with van der Waals surface area (Å²) in [5.41, 5.74) is -6.00. The highest BCUT2D eigenvalue weighted by Gasteiger charge is 2.42. The number of halogens is 8. The van der Waals surface area contributed by atoms with Gasteiger partial charge in [-0.3, -0.25) is 4.79 Å². The molecule has 0 bridgehead atoms. The van der Waals surface area contributed by atoms with Crippen molar-refractivity contribution in [3.8, 4) is 28.3 Å². The molecule has 0 unspecified atom stereocenters. The highest BCUT2D eigenvalue weighted by molar-refractivity contribution is 6.04. The van der Waals surface area contributed by atoms with E-state index < -0.39 is 64.4 Å². The number of ether oxygens (including phenoxy) is 1. The molecule has 1 heterocycles. The SMILES string of the molecule is CCC(F)(F)c1cccc(NC(=O)c2c(C)nc(-c3ccc(OC)c(-c4c(C(F)(F)F)cccc4C(F)(F)F)c3)n2O)c1. The van der Waals surface area contributed by atoms with Gasteiger partial charge in [-0.25, -0.2) is 13.8 Å². The summed E-state index contributed by atoms with van der Waals surface area (Å²) < 4.78 is 117. The summed E-state index contributed by atoms with van der Waals surface area (Å²) >= 11 is 0. The normalized spacial score (nSPS) is 12.3. The van der Waals surface area contributed by atoms with Gasteiger partial charge in [0, 0.05) is 34.4 Å². The molecule has 0 saturated carbocycles. The average molecular weight is 614 g/mol. The van der Waals surface area contributed by atoms with Crippen molar-refractivity contribution in [2.45, 2.75) is 38.5 Å². The molecule has 0 radical (unpaired) electrons. The summed E-state index contributed by atoms with van der Waals surface area (Å²) in [5.74, 6) is -4.85. The second kappa shape index (κ2) is 11.2. The summed E-state index contributed by atoms with van der Waals surface area (Å²) in [7, 11) is 1.06. The zero-order chi connectivity index (χ0) is 31.9. The fourth-order valence-corrected chi connectivity index (χ4v) is 4.54. The van der Waals surface area contributed by atoms with Gasteiger partial charge in [0.15, 0.2) is 11.5 Å². The molecule has 0 aliphatic heterocycles. The molecule has 0 fully saturated rings. The van der Waals surface area contributed by atoms with E-state index in [0.717, 1.165) is 25.3 Å². The van der Waals surface area contributed by atoms with Crippen LogP contribution in [0.4, 0.5) is 40.8 Å². The number of anilines is 1. The molecule has 0 aliphatic rings. The lowest BCUT2D eigenvalue weighted by atomic mass is 9.91. The van der Waals surface area contributed by atoms with Crippen LogP contribution < -0.4 is 10.1 Å². The predicted octanol–water partition coefficient (Wildman–Crippen LogP) is 8.56. The molecule has 1 aromatic heterocycles. The zero-order valence-corrected chi connectivity index (χ0v) is 22.7. The minimum Gasteiger partial charge on any atom is -0.496 e. The largest absolute Gasteiger partial charge is 0.496 e. The lowest BCUT2D eigenvalue weighted by Gasteiger charge is -2.21. The van der Waals surface area contributed by atoms with E-state index in [4.69, 9.17) is 4.74 Å². The van der Waals surface area contributed by atoms with Crippen molar-refractivity contribution < 1.29 is 49.9 Å². The number of carbonyl (C=O) groups excluding carboxylic acids is 1. The molecule has 0 atom stereocenters. The monoisotopic (exact) mass is 613 g/mol. The standard InChI is InChI=1S/C29H23F8N3O3/c1-4-27(30,31)17-7-5-8-18(14-17)39-26(41)24-15(2)38-25(40(24)42)16-11-12-22(43-3)19(13-16)23-20(28(32,33)34)9-6-10-21(23)29(35,36)37/h5-14,42H,4H2,1-3H3,(H,39,41). The van der Waals surface area contributed by atoms with Crippen molar-refractivity contribution in [3.05, 3.63) is 88.7 Å². The lowest BCUT2D eigenvalue weighted by molar-refractivity contribution is -0.142. The molecule has 4 rings (SSSR count). The molecule has 0 spiro atoms. The van der Waals surface area contributed by atoms with Crippen LogP contribution in [0.1, 0.15) is 46.2 Å². The summed E-state index contributed by atoms with van der Waals surface area (Å²) in [5, 5.41) is 13.3. The van der Waals surface area contributed by atoms with Crippen LogP contribution in [0.25, 0.3) is 22.5 Å². The molecular weight excluding hydrogens is 590 g/mol. The van der Waals surface area contributed by atoms with Gasteiger partial charge in [-0.1, -0.05) is 25.1 Å². The smallest absolute Gasteiger partial charge is 0.417 e. The Hall–Kier alpha value is -4.62. The number of alkyl halides is 8. The lowest BCUT2D eigenvalue weighted by Crippen LogP contribution is -2.18. The van der Waals surface area contributed by atoms with E-state index in [1.807, 2.05) is 0 Å². The van der Waals surface area contributed by atoms with Crippen LogP contribution in [0.15, 0.2) is 60.7 Å². The number of benzene rings is 3. The topological polar surface area (TPSA) is 76.4 Å². The van der Waals surface area contributed by atoms with Crippen LogP contribution in [0, 0.1) is 6.92 Å². The number of amides is 1. The maximum absolute atomic E-state index is 14.1. The van der Waals surface area contributed by atoms with Gasteiger partial charge in [-0.15, -0.1) is 0 Å². The Labute approximate surface area is 239 Å². The third kappa shape index (κ3) is 6.13. The molecule has 3 aromatic carbocycles. The first-order valence-corrected chi connectivity index (χ1v) is 12.5. The number of rotatable bonds is 7. The fourth-order valence-electron chi connectivity index (χ4n) is 4.54. The number of aryl methyl sites for hydroxylation is 1. The molecule has 4 aromatic rings. The van der Waals surface area contributed by atoms with Crippen LogP contribution in [0.5, 0.6) is 5.75 Å². The highest BCUT2D eigenvalue weighted by atomic mass is 19.4. The van der Waals surface area contributed by atoms with Gasteiger partial charge in [0.1, 0.15) is 5.75 Å². The Bertz CT molecular complexity index is 1640.